The molecule has 22 heavy (non-hydrogen) atoms. The summed E-state index contributed by atoms with van der Waals surface area (Å²) in [5.41, 5.74) is 1.13. The third kappa shape index (κ3) is 3.96. The molecule has 5 heteroatoms. The summed E-state index contributed by atoms with van der Waals surface area (Å²) in [4.78, 5) is 23.9. The number of ketones is 1. The van der Waals surface area contributed by atoms with E-state index in [2.05, 4.69) is 5.32 Å². The van der Waals surface area contributed by atoms with Crippen LogP contribution in [0, 0.1) is 0 Å². The number of allylic oxidation sites excluding steroid dienone is 1. The molecule has 0 saturated carbocycles. The molecule has 2 rings (SSSR count). The van der Waals surface area contributed by atoms with Gasteiger partial charge in [0.25, 0.3) is 5.91 Å². The molecule has 0 fully saturated rings. The van der Waals surface area contributed by atoms with Gasteiger partial charge in [0.2, 0.25) is 0 Å². The number of benzene rings is 2. The minimum absolute atomic E-state index is 0.127. The predicted molar refractivity (Wildman–Crippen MR) is 85.7 cm³/mol. The lowest BCUT2D eigenvalue weighted by molar-refractivity contribution is -0.113. The topological polar surface area (TPSA) is 66.4 Å². The molecule has 0 aromatic heterocycles. The molecule has 0 aliphatic carbocycles. The molecule has 4 nitrogen and oxygen atoms in total. The number of phenolic OH excluding ortho intramolecular Hbond substituents is 1. The summed E-state index contributed by atoms with van der Waals surface area (Å²) in [5.74, 6) is -0.610. The number of hydrogen-bond donors (Lipinski definition) is 2. The van der Waals surface area contributed by atoms with Crippen molar-refractivity contribution in [2.45, 2.75) is 6.92 Å². The van der Waals surface area contributed by atoms with Crippen molar-refractivity contribution in [3.05, 3.63) is 70.4 Å². The molecule has 112 valence electrons. The van der Waals surface area contributed by atoms with Crippen LogP contribution in [0.4, 0.5) is 0 Å². The van der Waals surface area contributed by atoms with E-state index in [0.29, 0.717) is 16.1 Å². The monoisotopic (exact) mass is 315 g/mol. The molecular formula is C17H14ClNO3. The van der Waals surface area contributed by atoms with Gasteiger partial charge in [-0.3, -0.25) is 9.59 Å². The first-order valence-electron chi connectivity index (χ1n) is 6.55. The van der Waals surface area contributed by atoms with Crippen molar-refractivity contribution >= 4 is 29.4 Å². The highest BCUT2D eigenvalue weighted by molar-refractivity contribution is 6.34. The summed E-state index contributed by atoms with van der Waals surface area (Å²) in [7, 11) is 0. The van der Waals surface area contributed by atoms with Crippen LogP contribution in [0.1, 0.15) is 22.8 Å². The Balaban J connectivity index is 2.26. The van der Waals surface area contributed by atoms with E-state index in [0.717, 1.165) is 0 Å². The second kappa shape index (κ2) is 6.91. The van der Waals surface area contributed by atoms with Crippen molar-refractivity contribution in [1.29, 1.82) is 0 Å². The van der Waals surface area contributed by atoms with Crippen LogP contribution < -0.4 is 5.32 Å². The van der Waals surface area contributed by atoms with Gasteiger partial charge in [0.05, 0.1) is 16.3 Å². The SMILES string of the molecule is CC(=O)/C(=C/c1ccc(O)cc1)NC(=O)c1ccccc1Cl. The van der Waals surface area contributed by atoms with Crippen LogP contribution in [0.25, 0.3) is 6.08 Å². The maximum Gasteiger partial charge on any atom is 0.257 e. The molecule has 2 aromatic carbocycles. The molecule has 0 atom stereocenters. The molecule has 0 spiro atoms. The number of hydrogen-bond acceptors (Lipinski definition) is 3. The number of Topliss-reactive ketones (excluding diaryl/α,β-unsaturated/α-hetero) is 1. The zero-order valence-electron chi connectivity index (χ0n) is 11.8. The molecule has 0 aliphatic heterocycles. The van der Waals surface area contributed by atoms with Gasteiger partial charge in [-0.15, -0.1) is 0 Å². The third-order valence-corrected chi connectivity index (χ3v) is 3.28. The first-order chi connectivity index (χ1) is 10.5. The number of aromatic hydroxyl groups is 1. The van der Waals surface area contributed by atoms with E-state index in [-0.39, 0.29) is 17.2 Å². The van der Waals surface area contributed by atoms with E-state index < -0.39 is 5.91 Å². The van der Waals surface area contributed by atoms with Crippen molar-refractivity contribution in [3.63, 3.8) is 0 Å². The molecular weight excluding hydrogens is 302 g/mol. The van der Waals surface area contributed by atoms with E-state index in [1.165, 1.54) is 25.1 Å². The lowest BCUT2D eigenvalue weighted by Crippen LogP contribution is -2.26. The Bertz CT molecular complexity index is 736. The van der Waals surface area contributed by atoms with E-state index in [4.69, 9.17) is 11.6 Å². The van der Waals surface area contributed by atoms with E-state index in [9.17, 15) is 14.7 Å². The van der Waals surface area contributed by atoms with Gasteiger partial charge < -0.3 is 10.4 Å². The van der Waals surface area contributed by atoms with Crippen LogP contribution in [0.15, 0.2) is 54.2 Å². The van der Waals surface area contributed by atoms with Gasteiger partial charge in [0, 0.05) is 6.92 Å². The Kier molecular flexibility index (Phi) is 4.96. The Morgan fingerprint density at radius 1 is 1.09 bits per heavy atom. The Labute approximate surface area is 133 Å². The minimum atomic E-state index is -0.453. The fraction of sp³-hybridized carbons (Fsp3) is 0.0588. The van der Waals surface area contributed by atoms with Gasteiger partial charge in [0.1, 0.15) is 5.75 Å². The summed E-state index contributed by atoms with van der Waals surface area (Å²) < 4.78 is 0. The normalized spacial score (nSPS) is 11.1. The summed E-state index contributed by atoms with van der Waals surface area (Å²) in [5, 5.41) is 12.1. The fourth-order valence-corrected chi connectivity index (χ4v) is 2.02. The third-order valence-electron chi connectivity index (χ3n) is 2.95. The van der Waals surface area contributed by atoms with Gasteiger partial charge >= 0.3 is 0 Å². The van der Waals surface area contributed by atoms with E-state index >= 15 is 0 Å². The molecule has 0 unspecified atom stereocenters. The molecule has 0 radical (unpaired) electrons. The number of nitrogens with one attached hydrogen (secondary N) is 1. The lowest BCUT2D eigenvalue weighted by Gasteiger charge is -2.08. The number of rotatable bonds is 4. The summed E-state index contributed by atoms with van der Waals surface area (Å²) in [6.07, 6.45) is 1.54. The largest absolute Gasteiger partial charge is 0.508 e. The van der Waals surface area contributed by atoms with Crippen LogP contribution in [-0.4, -0.2) is 16.8 Å². The average molecular weight is 316 g/mol. The highest BCUT2D eigenvalue weighted by Gasteiger charge is 2.13. The number of phenols is 1. The molecule has 0 bridgehead atoms. The van der Waals surface area contributed by atoms with Crippen molar-refractivity contribution in [2.75, 3.05) is 0 Å². The maximum absolute atomic E-state index is 12.2. The van der Waals surface area contributed by atoms with Crippen LogP contribution in [-0.2, 0) is 4.79 Å². The van der Waals surface area contributed by atoms with Crippen LogP contribution in [0.5, 0.6) is 5.75 Å². The fourth-order valence-electron chi connectivity index (χ4n) is 1.80. The molecule has 1 amide bonds. The van der Waals surface area contributed by atoms with Crippen molar-refractivity contribution in [2.24, 2.45) is 0 Å². The van der Waals surface area contributed by atoms with Gasteiger partial charge in [-0.25, -0.2) is 0 Å². The first kappa shape index (κ1) is 15.8. The van der Waals surface area contributed by atoms with Crippen LogP contribution in [0.3, 0.4) is 0 Å². The summed E-state index contributed by atoms with van der Waals surface area (Å²) in [6.45, 7) is 1.36. The average Bonchev–Trinajstić information content (AvgIpc) is 2.49. The van der Waals surface area contributed by atoms with Gasteiger partial charge in [0.15, 0.2) is 5.78 Å². The summed E-state index contributed by atoms with van der Waals surface area (Å²) in [6, 6.07) is 12.9. The molecule has 0 saturated heterocycles. The maximum atomic E-state index is 12.2. The lowest BCUT2D eigenvalue weighted by atomic mass is 10.1. The smallest absolute Gasteiger partial charge is 0.257 e. The number of carbonyl (C=O) groups excluding carboxylic acids is 2. The molecule has 0 heterocycles. The van der Waals surface area contributed by atoms with Crippen LogP contribution >= 0.6 is 11.6 Å². The van der Waals surface area contributed by atoms with E-state index in [1.54, 1.807) is 36.4 Å². The number of halogens is 1. The molecule has 2 N–H and O–H groups in total. The predicted octanol–water partition coefficient (Wildman–Crippen LogP) is 3.41. The standard InChI is InChI=1S/C17H14ClNO3/c1-11(20)16(10-12-6-8-13(21)9-7-12)19-17(22)14-4-2-3-5-15(14)18/h2-10,21H,1H3,(H,19,22)/b16-10-. The first-order valence-corrected chi connectivity index (χ1v) is 6.92. The Morgan fingerprint density at radius 2 is 1.73 bits per heavy atom. The Morgan fingerprint density at radius 3 is 2.32 bits per heavy atom. The zero-order valence-corrected chi connectivity index (χ0v) is 12.6. The van der Waals surface area contributed by atoms with Crippen molar-refractivity contribution in [1.82, 2.24) is 5.32 Å². The van der Waals surface area contributed by atoms with Crippen LogP contribution in [0.2, 0.25) is 5.02 Å². The highest BCUT2D eigenvalue weighted by Crippen LogP contribution is 2.16. The second-order valence-corrected chi connectivity index (χ2v) is 5.05. The minimum Gasteiger partial charge on any atom is -0.508 e. The molecule has 0 aliphatic rings. The Hall–Kier alpha value is -2.59. The van der Waals surface area contributed by atoms with Gasteiger partial charge in [-0.2, -0.15) is 0 Å². The van der Waals surface area contributed by atoms with Gasteiger partial charge in [-0.1, -0.05) is 35.9 Å². The number of carbonyl (C=O) groups is 2. The highest BCUT2D eigenvalue weighted by atomic mass is 35.5. The van der Waals surface area contributed by atoms with Crippen molar-refractivity contribution < 1.29 is 14.7 Å². The zero-order chi connectivity index (χ0) is 16.1. The van der Waals surface area contributed by atoms with Crippen molar-refractivity contribution in [3.8, 4) is 5.75 Å². The van der Waals surface area contributed by atoms with Gasteiger partial charge in [-0.05, 0) is 35.9 Å². The molecule has 2 aromatic rings. The number of amides is 1. The summed E-state index contributed by atoms with van der Waals surface area (Å²) >= 11 is 5.97. The quantitative estimate of drug-likeness (QED) is 0.850. The van der Waals surface area contributed by atoms with E-state index in [1.807, 2.05) is 0 Å². The second-order valence-electron chi connectivity index (χ2n) is 4.64.